The Morgan fingerprint density at radius 3 is 2.35 bits per heavy atom. The predicted molar refractivity (Wildman–Crippen MR) is 72.6 cm³/mol. The minimum Gasteiger partial charge on any atom is -0.480 e. The Morgan fingerprint density at radius 1 is 1.20 bits per heavy atom. The van der Waals surface area contributed by atoms with E-state index in [4.69, 9.17) is 9.84 Å². The lowest BCUT2D eigenvalue weighted by atomic mass is 9.93. The van der Waals surface area contributed by atoms with Crippen LogP contribution in [0.25, 0.3) is 0 Å². The summed E-state index contributed by atoms with van der Waals surface area (Å²) in [4.78, 5) is 26.5. The highest BCUT2D eigenvalue weighted by Gasteiger charge is 2.31. The molecule has 20 heavy (non-hydrogen) atoms. The lowest BCUT2D eigenvalue weighted by Gasteiger charge is -2.39. The van der Waals surface area contributed by atoms with Crippen molar-refractivity contribution in [2.75, 3.05) is 45.9 Å². The van der Waals surface area contributed by atoms with E-state index in [0.29, 0.717) is 39.4 Å². The number of carbonyl (C=O) groups is 2. The van der Waals surface area contributed by atoms with Crippen molar-refractivity contribution in [1.29, 1.82) is 0 Å². The van der Waals surface area contributed by atoms with Crippen LogP contribution >= 0.6 is 0 Å². The zero-order valence-electron chi connectivity index (χ0n) is 11.9. The quantitative estimate of drug-likeness (QED) is 0.761. The number of carboxylic acid groups (broad SMARTS) is 1. The van der Waals surface area contributed by atoms with E-state index >= 15 is 0 Å². The summed E-state index contributed by atoms with van der Waals surface area (Å²) in [6.45, 7) is 5.83. The van der Waals surface area contributed by atoms with Gasteiger partial charge in [0, 0.05) is 44.9 Å². The molecule has 0 unspecified atom stereocenters. The normalized spacial score (nSPS) is 23.4. The number of piperazine rings is 1. The van der Waals surface area contributed by atoms with Crippen molar-refractivity contribution in [3.8, 4) is 0 Å². The van der Waals surface area contributed by atoms with Crippen LogP contribution in [-0.2, 0) is 9.53 Å². The van der Waals surface area contributed by atoms with Crippen LogP contribution in [0.4, 0.5) is 4.79 Å². The third kappa shape index (κ3) is 4.08. The van der Waals surface area contributed by atoms with Gasteiger partial charge in [0.25, 0.3) is 0 Å². The molecule has 2 N–H and O–H groups in total. The molecule has 0 spiro atoms. The van der Waals surface area contributed by atoms with Crippen LogP contribution in [0.5, 0.6) is 0 Å². The van der Waals surface area contributed by atoms with Crippen LogP contribution in [0.1, 0.15) is 19.8 Å². The van der Waals surface area contributed by atoms with Crippen molar-refractivity contribution in [3.63, 3.8) is 0 Å². The summed E-state index contributed by atoms with van der Waals surface area (Å²) in [5.74, 6) is -0.822. The third-order valence-electron chi connectivity index (χ3n) is 4.02. The molecule has 0 aromatic rings. The maximum Gasteiger partial charge on any atom is 0.317 e. The third-order valence-corrected chi connectivity index (χ3v) is 4.02. The number of urea groups is 1. The number of carbonyl (C=O) groups excluding carboxylic acids is 1. The second-order valence-electron chi connectivity index (χ2n) is 5.76. The molecule has 0 aromatic heterocycles. The maximum atomic E-state index is 12.2. The van der Waals surface area contributed by atoms with Gasteiger partial charge in [0.05, 0.1) is 6.54 Å². The number of carboxylic acids is 1. The number of ether oxygens (including phenoxy) is 1. The molecule has 2 saturated heterocycles. The number of rotatable bonds is 3. The van der Waals surface area contributed by atoms with Crippen molar-refractivity contribution in [1.82, 2.24) is 15.1 Å². The molecule has 7 heteroatoms. The van der Waals surface area contributed by atoms with Crippen molar-refractivity contribution in [2.24, 2.45) is 0 Å². The summed E-state index contributed by atoms with van der Waals surface area (Å²) in [5, 5.41) is 11.8. The lowest BCUT2D eigenvalue weighted by molar-refractivity contribution is -0.138. The number of nitrogens with one attached hydrogen (secondary N) is 1. The highest BCUT2D eigenvalue weighted by Crippen LogP contribution is 2.20. The molecule has 2 rings (SSSR count). The molecule has 0 atom stereocenters. The summed E-state index contributed by atoms with van der Waals surface area (Å²) in [5.41, 5.74) is -0.187. The topological polar surface area (TPSA) is 82.1 Å². The Bertz CT molecular complexity index is 361. The first-order valence-electron chi connectivity index (χ1n) is 7.07. The number of hydrogen-bond acceptors (Lipinski definition) is 4. The predicted octanol–water partition coefficient (Wildman–Crippen LogP) is -0.0327. The minimum atomic E-state index is -0.822. The number of amides is 2. The van der Waals surface area contributed by atoms with Gasteiger partial charge in [-0.3, -0.25) is 9.69 Å². The van der Waals surface area contributed by atoms with E-state index in [1.54, 1.807) is 4.90 Å². The van der Waals surface area contributed by atoms with Crippen LogP contribution in [0, 0.1) is 0 Å². The summed E-state index contributed by atoms with van der Waals surface area (Å²) in [6.07, 6.45) is 1.66. The molecule has 0 aliphatic carbocycles. The fourth-order valence-corrected chi connectivity index (χ4v) is 2.58. The Hall–Kier alpha value is -1.34. The number of nitrogens with zero attached hydrogens (tertiary/aromatic N) is 2. The summed E-state index contributed by atoms with van der Waals surface area (Å²) in [6, 6.07) is -0.0515. The van der Waals surface area contributed by atoms with Gasteiger partial charge in [-0.2, -0.15) is 0 Å². The molecule has 0 aromatic carbocycles. The van der Waals surface area contributed by atoms with Crippen molar-refractivity contribution < 1.29 is 19.4 Å². The molecule has 0 bridgehead atoms. The van der Waals surface area contributed by atoms with E-state index in [-0.39, 0.29) is 18.1 Å². The lowest BCUT2D eigenvalue weighted by Crippen LogP contribution is -2.58. The summed E-state index contributed by atoms with van der Waals surface area (Å²) in [7, 11) is 0. The van der Waals surface area contributed by atoms with Gasteiger partial charge in [-0.15, -0.1) is 0 Å². The smallest absolute Gasteiger partial charge is 0.317 e. The molecule has 114 valence electrons. The van der Waals surface area contributed by atoms with Crippen LogP contribution in [0.3, 0.4) is 0 Å². The van der Waals surface area contributed by atoms with Gasteiger partial charge >= 0.3 is 12.0 Å². The van der Waals surface area contributed by atoms with Gasteiger partial charge in [-0.1, -0.05) is 0 Å². The van der Waals surface area contributed by atoms with E-state index in [9.17, 15) is 9.59 Å². The van der Waals surface area contributed by atoms with Crippen LogP contribution < -0.4 is 5.32 Å². The Labute approximate surface area is 118 Å². The number of aliphatic carboxylic acids is 1. The standard InChI is InChI=1S/C13H23N3O4/c1-13(2-8-20-9-3-13)14-12(19)16-6-4-15(5-7-16)10-11(17)18/h2-10H2,1H3,(H,14,19)(H,17,18). The Kier molecular flexibility index (Phi) is 4.82. The minimum absolute atomic E-state index is 0.0461. The number of hydrogen-bond donors (Lipinski definition) is 2. The molecular formula is C13H23N3O4. The molecule has 2 amide bonds. The fourth-order valence-electron chi connectivity index (χ4n) is 2.58. The van der Waals surface area contributed by atoms with E-state index < -0.39 is 5.97 Å². The summed E-state index contributed by atoms with van der Waals surface area (Å²) >= 11 is 0. The van der Waals surface area contributed by atoms with Crippen molar-refractivity contribution in [2.45, 2.75) is 25.3 Å². The fraction of sp³-hybridized carbons (Fsp3) is 0.846. The second kappa shape index (κ2) is 6.41. The van der Waals surface area contributed by atoms with Crippen LogP contribution in [0.15, 0.2) is 0 Å². The first-order valence-corrected chi connectivity index (χ1v) is 7.07. The van der Waals surface area contributed by atoms with Gasteiger partial charge in [0.2, 0.25) is 0 Å². The van der Waals surface area contributed by atoms with Gasteiger partial charge in [0.15, 0.2) is 0 Å². The van der Waals surface area contributed by atoms with Crippen molar-refractivity contribution >= 4 is 12.0 Å². The zero-order chi connectivity index (χ0) is 14.6. The average Bonchev–Trinajstić information content (AvgIpc) is 2.39. The van der Waals surface area contributed by atoms with E-state index in [1.165, 1.54) is 0 Å². The monoisotopic (exact) mass is 285 g/mol. The second-order valence-corrected chi connectivity index (χ2v) is 5.76. The van der Waals surface area contributed by atoms with Crippen LogP contribution in [-0.4, -0.2) is 78.4 Å². The van der Waals surface area contributed by atoms with Crippen LogP contribution in [0.2, 0.25) is 0 Å². The molecule has 2 aliphatic heterocycles. The SMILES string of the molecule is CC1(NC(=O)N2CCN(CC(=O)O)CC2)CCOCC1. The highest BCUT2D eigenvalue weighted by atomic mass is 16.5. The molecule has 2 heterocycles. The largest absolute Gasteiger partial charge is 0.480 e. The molecule has 0 saturated carbocycles. The van der Waals surface area contributed by atoms with E-state index in [2.05, 4.69) is 5.32 Å². The van der Waals surface area contributed by atoms with Gasteiger partial charge < -0.3 is 20.1 Å². The summed E-state index contributed by atoms with van der Waals surface area (Å²) < 4.78 is 5.32. The highest BCUT2D eigenvalue weighted by molar-refractivity contribution is 5.75. The van der Waals surface area contributed by atoms with Crippen molar-refractivity contribution in [3.05, 3.63) is 0 Å². The molecule has 2 aliphatic rings. The first kappa shape index (κ1) is 15.1. The molecular weight excluding hydrogens is 262 g/mol. The molecule has 7 nitrogen and oxygen atoms in total. The first-order chi connectivity index (χ1) is 9.48. The molecule has 2 fully saturated rings. The maximum absolute atomic E-state index is 12.2. The Morgan fingerprint density at radius 2 is 1.80 bits per heavy atom. The zero-order valence-corrected chi connectivity index (χ0v) is 11.9. The van der Waals surface area contributed by atoms with Gasteiger partial charge in [-0.05, 0) is 19.8 Å². The van der Waals surface area contributed by atoms with Gasteiger partial charge in [-0.25, -0.2) is 4.79 Å². The average molecular weight is 285 g/mol. The van der Waals surface area contributed by atoms with E-state index in [0.717, 1.165) is 12.8 Å². The van der Waals surface area contributed by atoms with Gasteiger partial charge in [0.1, 0.15) is 0 Å². The van der Waals surface area contributed by atoms with E-state index in [1.807, 2.05) is 11.8 Å². The Balaban J connectivity index is 1.78. The molecule has 0 radical (unpaired) electrons.